The molecule has 5 heteroatoms. The summed E-state index contributed by atoms with van der Waals surface area (Å²) in [7, 11) is 0. The molecule has 0 atom stereocenters. The largest absolute Gasteiger partial charge is 0.373 e. The monoisotopic (exact) mass is 468 g/mol. The first-order valence-electron chi connectivity index (χ1n) is 12.5. The fourth-order valence-electron chi connectivity index (χ4n) is 3.87. The number of allylic oxidation sites excluding steroid dienone is 4. The summed E-state index contributed by atoms with van der Waals surface area (Å²) in [6.07, 6.45) is 9.85. The fraction of sp³-hybridized carbons (Fsp3) is 0.536. The number of rotatable bonds is 12. The second-order valence-electron chi connectivity index (χ2n) is 8.77. The van der Waals surface area contributed by atoms with Gasteiger partial charge in [0.1, 0.15) is 0 Å². The van der Waals surface area contributed by atoms with Gasteiger partial charge >= 0.3 is 0 Å². The van der Waals surface area contributed by atoms with Crippen LogP contribution in [0, 0.1) is 6.92 Å². The van der Waals surface area contributed by atoms with Gasteiger partial charge in [0.25, 0.3) is 0 Å². The normalized spacial score (nSPS) is 16.2. The Labute approximate surface area is 206 Å². The Morgan fingerprint density at radius 1 is 1.09 bits per heavy atom. The van der Waals surface area contributed by atoms with Crippen LogP contribution in [0.1, 0.15) is 65.0 Å². The predicted molar refractivity (Wildman–Crippen MR) is 148 cm³/mol. The van der Waals surface area contributed by atoms with Gasteiger partial charge in [-0.05, 0) is 63.3 Å². The third-order valence-corrected chi connectivity index (χ3v) is 6.88. The summed E-state index contributed by atoms with van der Waals surface area (Å²) in [5.41, 5.74) is 10.7. The summed E-state index contributed by atoms with van der Waals surface area (Å²) in [5.74, 6) is 2.43. The van der Waals surface area contributed by atoms with Gasteiger partial charge < -0.3 is 9.80 Å². The fourth-order valence-corrected chi connectivity index (χ4v) is 4.77. The maximum absolute atomic E-state index is 4.60. The second kappa shape index (κ2) is 14.9. The van der Waals surface area contributed by atoms with Gasteiger partial charge in [-0.3, -0.25) is 5.43 Å². The molecule has 0 aromatic heterocycles. The first-order chi connectivity index (χ1) is 16.0. The average Bonchev–Trinajstić information content (AvgIpc) is 2.82. The van der Waals surface area contributed by atoms with E-state index in [4.69, 9.17) is 0 Å². The Hall–Kier alpha value is -2.14. The zero-order chi connectivity index (χ0) is 24.1. The van der Waals surface area contributed by atoms with Crippen LogP contribution in [0.25, 0.3) is 0 Å². The van der Waals surface area contributed by atoms with E-state index < -0.39 is 0 Å². The van der Waals surface area contributed by atoms with Crippen LogP contribution in [0.4, 0.5) is 0 Å². The average molecular weight is 469 g/mol. The first kappa shape index (κ1) is 27.1. The van der Waals surface area contributed by atoms with E-state index in [1.165, 1.54) is 34.0 Å². The number of hydrogen-bond donors (Lipinski definition) is 1. The van der Waals surface area contributed by atoms with Crippen LogP contribution in [0.5, 0.6) is 0 Å². The van der Waals surface area contributed by atoms with E-state index in [-0.39, 0.29) is 0 Å². The lowest BCUT2D eigenvalue weighted by Crippen LogP contribution is -2.32. The highest BCUT2D eigenvalue weighted by atomic mass is 32.2. The Kier molecular flexibility index (Phi) is 12.2. The molecule has 1 aliphatic rings. The third-order valence-electron chi connectivity index (χ3n) is 5.94. The molecular formula is C28H44N4S. The van der Waals surface area contributed by atoms with Crippen molar-refractivity contribution in [1.82, 2.24) is 15.2 Å². The van der Waals surface area contributed by atoms with E-state index in [1.807, 2.05) is 6.21 Å². The number of benzene rings is 1. The Balaban J connectivity index is 2.37. The lowest BCUT2D eigenvalue weighted by Gasteiger charge is -2.31. The minimum atomic E-state index is 0.986. The molecule has 1 heterocycles. The standard InChI is InChI=1S/C28H44N4S/c1-7-13-32(14-8-2)27(20-25(6)31-15-17-33-18-16-31)21-28(24(5)9-3)30-29-22-26-12-10-11-23(4)19-26/h10-12,19-22,30H,7-9,13-18H2,1-6H3/b25-20+,27-21+,28-24?,29-22+. The first-order valence-corrected chi connectivity index (χ1v) is 13.7. The van der Waals surface area contributed by atoms with Gasteiger partial charge in [-0.1, -0.05) is 50.6 Å². The van der Waals surface area contributed by atoms with Gasteiger partial charge in [0.2, 0.25) is 0 Å². The van der Waals surface area contributed by atoms with Crippen molar-refractivity contribution in [3.63, 3.8) is 0 Å². The van der Waals surface area contributed by atoms with Crippen molar-refractivity contribution in [3.8, 4) is 0 Å². The van der Waals surface area contributed by atoms with Crippen LogP contribution in [0.3, 0.4) is 0 Å². The highest BCUT2D eigenvalue weighted by Crippen LogP contribution is 2.20. The SMILES string of the molecule is CCCN(CCC)C(/C=C(\C)N1CCSCC1)=C/C(N/N=C/c1cccc(C)c1)=C(C)CC. The van der Waals surface area contributed by atoms with Crippen LogP contribution >= 0.6 is 11.8 Å². The molecule has 1 fully saturated rings. The molecule has 0 bridgehead atoms. The third kappa shape index (κ3) is 9.32. The highest BCUT2D eigenvalue weighted by molar-refractivity contribution is 7.99. The Bertz CT molecular complexity index is 841. The molecule has 182 valence electrons. The molecule has 0 unspecified atom stereocenters. The van der Waals surface area contributed by atoms with Gasteiger partial charge in [0.15, 0.2) is 0 Å². The summed E-state index contributed by atoms with van der Waals surface area (Å²) in [6, 6.07) is 8.42. The molecule has 0 radical (unpaired) electrons. The number of nitrogens with one attached hydrogen (secondary N) is 1. The molecule has 1 saturated heterocycles. The Morgan fingerprint density at radius 3 is 2.39 bits per heavy atom. The van der Waals surface area contributed by atoms with Crippen molar-refractivity contribution in [2.75, 3.05) is 37.7 Å². The van der Waals surface area contributed by atoms with Crippen molar-refractivity contribution >= 4 is 18.0 Å². The van der Waals surface area contributed by atoms with Crippen molar-refractivity contribution in [2.45, 2.75) is 60.8 Å². The van der Waals surface area contributed by atoms with Gasteiger partial charge in [0, 0.05) is 49.1 Å². The zero-order valence-corrected chi connectivity index (χ0v) is 22.5. The molecule has 0 saturated carbocycles. The molecule has 0 amide bonds. The molecule has 1 aliphatic heterocycles. The molecule has 4 nitrogen and oxygen atoms in total. The summed E-state index contributed by atoms with van der Waals surface area (Å²) >= 11 is 2.06. The van der Waals surface area contributed by atoms with E-state index in [9.17, 15) is 0 Å². The van der Waals surface area contributed by atoms with Crippen LogP contribution < -0.4 is 5.43 Å². The van der Waals surface area contributed by atoms with E-state index in [0.717, 1.165) is 56.7 Å². The molecule has 0 spiro atoms. The summed E-state index contributed by atoms with van der Waals surface area (Å²) < 4.78 is 0. The smallest absolute Gasteiger partial charge is 0.0571 e. The lowest BCUT2D eigenvalue weighted by molar-refractivity contribution is 0.346. The van der Waals surface area contributed by atoms with Crippen LogP contribution in [0.15, 0.2) is 64.2 Å². The molecule has 2 rings (SSSR count). The van der Waals surface area contributed by atoms with Gasteiger partial charge in [-0.25, -0.2) is 0 Å². The molecule has 33 heavy (non-hydrogen) atoms. The second-order valence-corrected chi connectivity index (χ2v) is 10.00. The van der Waals surface area contributed by atoms with E-state index >= 15 is 0 Å². The quantitative estimate of drug-likeness (QED) is 0.214. The molecule has 1 N–H and O–H groups in total. The number of hydrazone groups is 1. The molecular weight excluding hydrogens is 424 g/mol. The minimum absolute atomic E-state index is 0.986. The zero-order valence-electron chi connectivity index (χ0n) is 21.7. The summed E-state index contributed by atoms with van der Waals surface area (Å²) in [5, 5.41) is 4.60. The predicted octanol–water partition coefficient (Wildman–Crippen LogP) is 6.56. The molecule has 1 aromatic carbocycles. The number of aryl methyl sites for hydroxylation is 1. The minimum Gasteiger partial charge on any atom is -0.373 e. The molecule has 0 aliphatic carbocycles. The van der Waals surface area contributed by atoms with E-state index in [2.05, 4.69) is 110 Å². The summed E-state index contributed by atoms with van der Waals surface area (Å²) in [4.78, 5) is 5.05. The molecule has 1 aromatic rings. The lowest BCUT2D eigenvalue weighted by atomic mass is 10.1. The van der Waals surface area contributed by atoms with Crippen molar-refractivity contribution in [3.05, 3.63) is 70.2 Å². The van der Waals surface area contributed by atoms with Crippen molar-refractivity contribution < 1.29 is 0 Å². The van der Waals surface area contributed by atoms with Crippen LogP contribution in [0.2, 0.25) is 0 Å². The van der Waals surface area contributed by atoms with Crippen LogP contribution in [-0.2, 0) is 0 Å². The van der Waals surface area contributed by atoms with E-state index in [0.29, 0.717) is 0 Å². The topological polar surface area (TPSA) is 30.9 Å². The van der Waals surface area contributed by atoms with Gasteiger partial charge in [-0.2, -0.15) is 16.9 Å². The van der Waals surface area contributed by atoms with E-state index in [1.54, 1.807) is 0 Å². The van der Waals surface area contributed by atoms with Crippen molar-refractivity contribution in [2.24, 2.45) is 5.10 Å². The Morgan fingerprint density at radius 2 is 1.79 bits per heavy atom. The number of thioether (sulfide) groups is 1. The van der Waals surface area contributed by atoms with Crippen molar-refractivity contribution in [1.29, 1.82) is 0 Å². The maximum atomic E-state index is 4.60. The van der Waals surface area contributed by atoms with Gasteiger partial charge in [0.05, 0.1) is 11.9 Å². The maximum Gasteiger partial charge on any atom is 0.0571 e. The number of hydrogen-bond acceptors (Lipinski definition) is 5. The summed E-state index contributed by atoms with van der Waals surface area (Å²) in [6.45, 7) is 17.7. The highest BCUT2D eigenvalue weighted by Gasteiger charge is 2.14. The van der Waals surface area contributed by atoms with Crippen LogP contribution in [-0.4, -0.2) is 53.7 Å². The number of nitrogens with zero attached hydrogens (tertiary/aromatic N) is 3. The van der Waals surface area contributed by atoms with Gasteiger partial charge in [-0.15, -0.1) is 0 Å².